The molecule has 0 fully saturated rings. The van der Waals surface area contributed by atoms with Crippen molar-refractivity contribution in [3.05, 3.63) is 30.2 Å². The molecule has 0 aliphatic carbocycles. The maximum Gasteiger partial charge on any atom is 0.417 e. The first-order valence-electron chi connectivity index (χ1n) is 4.17. The molecule has 0 aliphatic rings. The first-order chi connectivity index (χ1) is 7.48. The Morgan fingerprint density at radius 2 is 1.94 bits per heavy atom. The summed E-state index contributed by atoms with van der Waals surface area (Å²) < 4.78 is 37.9. The molecule has 0 radical (unpaired) electrons. The molecule has 5 nitrogen and oxygen atoms in total. The van der Waals surface area contributed by atoms with E-state index in [0.717, 1.165) is 16.9 Å². The van der Waals surface area contributed by atoms with E-state index in [-0.39, 0.29) is 11.8 Å². The zero-order chi connectivity index (χ0) is 11.8. The fraction of sp³-hybridized carbons (Fsp3) is 0.125. The second-order valence-electron chi connectivity index (χ2n) is 2.93. The Morgan fingerprint density at radius 1 is 1.19 bits per heavy atom. The van der Waals surface area contributed by atoms with Gasteiger partial charge in [0.1, 0.15) is 6.33 Å². The molecule has 0 aliphatic heterocycles. The Balaban J connectivity index is 2.37. The maximum atomic E-state index is 12.2. The predicted octanol–water partition coefficient (Wildman–Crippen LogP) is 1.26. The highest BCUT2D eigenvalue weighted by atomic mass is 19.4. The molecule has 2 aromatic heterocycles. The standard InChI is InChI=1S/C8H6F3N5/c9-8(10,11)5-1-2-6(13-3-5)16-7(12)14-4-15-16/h1-4H,(H2,12,14,15). The molecular weight excluding hydrogens is 223 g/mol. The van der Waals surface area contributed by atoms with E-state index >= 15 is 0 Å². The molecule has 2 N–H and O–H groups in total. The van der Waals surface area contributed by atoms with E-state index in [1.807, 2.05) is 0 Å². The van der Waals surface area contributed by atoms with Crippen LogP contribution in [0.5, 0.6) is 0 Å². The summed E-state index contributed by atoms with van der Waals surface area (Å²) in [6.45, 7) is 0. The lowest BCUT2D eigenvalue weighted by atomic mass is 10.3. The Bertz CT molecular complexity index is 487. The van der Waals surface area contributed by atoms with Crippen molar-refractivity contribution in [3.63, 3.8) is 0 Å². The van der Waals surface area contributed by atoms with Gasteiger partial charge in [0.2, 0.25) is 5.95 Å². The van der Waals surface area contributed by atoms with E-state index in [1.165, 1.54) is 12.4 Å². The maximum absolute atomic E-state index is 12.2. The molecule has 16 heavy (non-hydrogen) atoms. The summed E-state index contributed by atoms with van der Waals surface area (Å²) >= 11 is 0. The molecule has 0 spiro atoms. The number of hydrogen-bond donors (Lipinski definition) is 1. The number of halogens is 3. The number of nitrogens with zero attached hydrogens (tertiary/aromatic N) is 4. The van der Waals surface area contributed by atoms with E-state index < -0.39 is 11.7 Å². The van der Waals surface area contributed by atoms with Gasteiger partial charge < -0.3 is 5.73 Å². The molecule has 0 saturated carbocycles. The topological polar surface area (TPSA) is 69.6 Å². The van der Waals surface area contributed by atoms with Gasteiger partial charge in [-0.05, 0) is 12.1 Å². The van der Waals surface area contributed by atoms with Gasteiger partial charge >= 0.3 is 6.18 Å². The molecule has 84 valence electrons. The first-order valence-corrected chi connectivity index (χ1v) is 4.17. The van der Waals surface area contributed by atoms with Crippen LogP contribution in [0.3, 0.4) is 0 Å². The van der Waals surface area contributed by atoms with Crippen LogP contribution in [0.25, 0.3) is 5.82 Å². The molecule has 0 unspecified atom stereocenters. The van der Waals surface area contributed by atoms with Crippen LogP contribution in [0, 0.1) is 0 Å². The van der Waals surface area contributed by atoms with E-state index in [9.17, 15) is 13.2 Å². The van der Waals surface area contributed by atoms with Gasteiger partial charge in [-0.3, -0.25) is 0 Å². The largest absolute Gasteiger partial charge is 0.417 e. The van der Waals surface area contributed by atoms with Gasteiger partial charge in [0, 0.05) is 6.20 Å². The number of rotatable bonds is 1. The van der Waals surface area contributed by atoms with Gasteiger partial charge in [-0.1, -0.05) is 0 Å². The summed E-state index contributed by atoms with van der Waals surface area (Å²) in [6.07, 6.45) is -2.50. The highest BCUT2D eigenvalue weighted by Crippen LogP contribution is 2.28. The van der Waals surface area contributed by atoms with Gasteiger partial charge in [-0.25, -0.2) is 4.98 Å². The Labute approximate surface area is 87.7 Å². The summed E-state index contributed by atoms with van der Waals surface area (Å²) in [5.41, 5.74) is 4.60. The van der Waals surface area contributed by atoms with Gasteiger partial charge in [-0.2, -0.15) is 27.9 Å². The minimum atomic E-state index is -4.40. The summed E-state index contributed by atoms with van der Waals surface area (Å²) in [6, 6.07) is 2.08. The van der Waals surface area contributed by atoms with E-state index in [1.54, 1.807) is 0 Å². The Hall–Kier alpha value is -2.12. The minimum Gasteiger partial charge on any atom is -0.368 e. The molecule has 0 saturated heterocycles. The molecule has 8 heteroatoms. The smallest absolute Gasteiger partial charge is 0.368 e. The average Bonchev–Trinajstić information content (AvgIpc) is 2.63. The lowest BCUT2D eigenvalue weighted by Crippen LogP contribution is -2.08. The summed E-state index contributed by atoms with van der Waals surface area (Å²) in [4.78, 5) is 7.24. The van der Waals surface area contributed by atoms with Gasteiger partial charge in [0.05, 0.1) is 5.56 Å². The Morgan fingerprint density at radius 3 is 2.38 bits per heavy atom. The zero-order valence-electron chi connectivity index (χ0n) is 7.81. The van der Waals surface area contributed by atoms with Crippen LogP contribution < -0.4 is 5.73 Å². The van der Waals surface area contributed by atoms with Crippen LogP contribution in [-0.2, 0) is 6.18 Å². The van der Waals surface area contributed by atoms with Crippen molar-refractivity contribution in [2.45, 2.75) is 6.18 Å². The van der Waals surface area contributed by atoms with Crippen molar-refractivity contribution in [2.75, 3.05) is 5.73 Å². The second kappa shape index (κ2) is 3.47. The highest BCUT2D eigenvalue weighted by Gasteiger charge is 2.30. The predicted molar refractivity (Wildman–Crippen MR) is 48.6 cm³/mol. The highest BCUT2D eigenvalue weighted by molar-refractivity contribution is 5.32. The van der Waals surface area contributed by atoms with Gasteiger partial charge in [-0.15, -0.1) is 0 Å². The van der Waals surface area contributed by atoms with Crippen molar-refractivity contribution in [3.8, 4) is 5.82 Å². The molecule has 0 amide bonds. The summed E-state index contributed by atoms with van der Waals surface area (Å²) in [5, 5.41) is 3.71. The fourth-order valence-corrected chi connectivity index (χ4v) is 1.11. The van der Waals surface area contributed by atoms with Crippen LogP contribution in [-0.4, -0.2) is 19.7 Å². The molecule has 0 atom stereocenters. The molecule has 0 bridgehead atoms. The monoisotopic (exact) mass is 229 g/mol. The lowest BCUT2D eigenvalue weighted by Gasteiger charge is -2.06. The van der Waals surface area contributed by atoms with Crippen LogP contribution >= 0.6 is 0 Å². The number of nitrogens with two attached hydrogens (primary N) is 1. The molecule has 0 aromatic carbocycles. The number of anilines is 1. The van der Waals surface area contributed by atoms with Crippen LogP contribution in [0.4, 0.5) is 19.1 Å². The number of hydrogen-bond acceptors (Lipinski definition) is 4. The number of alkyl halides is 3. The fourth-order valence-electron chi connectivity index (χ4n) is 1.11. The van der Waals surface area contributed by atoms with Crippen molar-refractivity contribution in [2.24, 2.45) is 0 Å². The normalized spacial score (nSPS) is 11.7. The second-order valence-corrected chi connectivity index (χ2v) is 2.93. The quantitative estimate of drug-likeness (QED) is 0.799. The summed E-state index contributed by atoms with van der Waals surface area (Å²) in [5.74, 6) is 0.246. The zero-order valence-corrected chi connectivity index (χ0v) is 7.81. The molecule has 2 aromatic rings. The van der Waals surface area contributed by atoms with Gasteiger partial charge in [0.15, 0.2) is 5.82 Å². The van der Waals surface area contributed by atoms with Crippen molar-refractivity contribution < 1.29 is 13.2 Å². The van der Waals surface area contributed by atoms with E-state index in [0.29, 0.717) is 0 Å². The number of pyridine rings is 1. The van der Waals surface area contributed by atoms with E-state index in [4.69, 9.17) is 5.73 Å². The van der Waals surface area contributed by atoms with Crippen molar-refractivity contribution >= 4 is 5.95 Å². The molecule has 2 heterocycles. The third-order valence-corrected chi connectivity index (χ3v) is 1.87. The average molecular weight is 229 g/mol. The molecule has 2 rings (SSSR count). The number of aromatic nitrogens is 4. The summed E-state index contributed by atoms with van der Waals surface area (Å²) in [7, 11) is 0. The van der Waals surface area contributed by atoms with E-state index in [2.05, 4.69) is 15.1 Å². The minimum absolute atomic E-state index is 0.0623. The van der Waals surface area contributed by atoms with Crippen LogP contribution in [0.2, 0.25) is 0 Å². The SMILES string of the molecule is Nc1ncnn1-c1ccc(C(F)(F)F)cn1. The van der Waals surface area contributed by atoms with Crippen LogP contribution in [0.1, 0.15) is 5.56 Å². The lowest BCUT2D eigenvalue weighted by molar-refractivity contribution is -0.137. The third kappa shape index (κ3) is 1.81. The van der Waals surface area contributed by atoms with Crippen molar-refractivity contribution in [1.82, 2.24) is 19.7 Å². The third-order valence-electron chi connectivity index (χ3n) is 1.87. The van der Waals surface area contributed by atoms with Gasteiger partial charge in [0.25, 0.3) is 0 Å². The Kier molecular flexibility index (Phi) is 2.26. The van der Waals surface area contributed by atoms with Crippen molar-refractivity contribution in [1.29, 1.82) is 0 Å². The van der Waals surface area contributed by atoms with Crippen LogP contribution in [0.15, 0.2) is 24.7 Å². The molecular formula is C8H6F3N5. The first kappa shape index (κ1) is 10.4. The number of nitrogen functional groups attached to an aromatic ring is 1.